The molecule has 1 atom stereocenters. The topological polar surface area (TPSA) is 70.2 Å². The highest BCUT2D eigenvalue weighted by Gasteiger charge is 2.38. The predicted molar refractivity (Wildman–Crippen MR) is 73.6 cm³/mol. The first-order chi connectivity index (χ1) is 9.16. The van der Waals surface area contributed by atoms with Gasteiger partial charge in [-0.2, -0.15) is 0 Å². The molecule has 0 saturated carbocycles. The normalized spacial score (nSPS) is 25.9. The average molecular weight is 267 g/mol. The van der Waals surface area contributed by atoms with Gasteiger partial charge in [-0.1, -0.05) is 13.3 Å². The lowest BCUT2D eigenvalue weighted by Crippen LogP contribution is -2.50. The Morgan fingerprint density at radius 2 is 2.16 bits per heavy atom. The van der Waals surface area contributed by atoms with Crippen LogP contribution in [0.3, 0.4) is 0 Å². The number of rotatable bonds is 5. The van der Waals surface area contributed by atoms with Gasteiger partial charge in [0.15, 0.2) is 0 Å². The van der Waals surface area contributed by atoms with Gasteiger partial charge in [0.25, 0.3) is 0 Å². The molecule has 19 heavy (non-hydrogen) atoms. The zero-order chi connectivity index (χ0) is 13.7. The summed E-state index contributed by atoms with van der Waals surface area (Å²) in [7, 11) is 0. The fourth-order valence-electron chi connectivity index (χ4n) is 3.21. The zero-order valence-corrected chi connectivity index (χ0v) is 11.8. The number of nitrogens with one attached hydrogen (secondary N) is 3. The van der Waals surface area contributed by atoms with Crippen molar-refractivity contribution in [3.8, 4) is 0 Å². The second-order valence-electron chi connectivity index (χ2n) is 5.79. The van der Waals surface area contributed by atoms with Gasteiger partial charge in [0.05, 0.1) is 5.41 Å². The van der Waals surface area contributed by atoms with Crippen molar-refractivity contribution in [2.75, 3.05) is 19.6 Å². The summed E-state index contributed by atoms with van der Waals surface area (Å²) < 4.78 is 0. The molecular weight excluding hydrogens is 242 g/mol. The minimum atomic E-state index is -0.192. The fourth-order valence-corrected chi connectivity index (χ4v) is 3.21. The summed E-state index contributed by atoms with van der Waals surface area (Å²) in [4.78, 5) is 23.6. The van der Waals surface area contributed by atoms with Gasteiger partial charge in [-0.25, -0.2) is 0 Å². The third-order valence-corrected chi connectivity index (χ3v) is 4.36. The molecule has 1 unspecified atom stereocenters. The van der Waals surface area contributed by atoms with Gasteiger partial charge in [-0.05, 0) is 38.8 Å². The molecule has 0 aromatic rings. The lowest BCUT2D eigenvalue weighted by atomic mass is 9.74. The molecule has 2 aliphatic rings. The van der Waals surface area contributed by atoms with E-state index in [0.717, 1.165) is 45.2 Å². The maximum absolute atomic E-state index is 12.5. The first-order valence-corrected chi connectivity index (χ1v) is 7.45. The van der Waals surface area contributed by atoms with Crippen LogP contribution in [-0.4, -0.2) is 37.5 Å². The Hall–Kier alpha value is -1.10. The van der Waals surface area contributed by atoms with Crippen LogP contribution in [0.25, 0.3) is 0 Å². The smallest absolute Gasteiger partial charge is 0.226 e. The van der Waals surface area contributed by atoms with Crippen LogP contribution in [-0.2, 0) is 9.59 Å². The molecule has 0 aliphatic carbocycles. The lowest BCUT2D eigenvalue weighted by Gasteiger charge is -2.36. The van der Waals surface area contributed by atoms with Gasteiger partial charge in [0, 0.05) is 19.0 Å². The summed E-state index contributed by atoms with van der Waals surface area (Å²) in [5, 5.41) is 9.27. The van der Waals surface area contributed by atoms with Crippen molar-refractivity contribution in [1.82, 2.24) is 16.0 Å². The molecule has 5 heteroatoms. The fraction of sp³-hybridized carbons (Fsp3) is 0.857. The van der Waals surface area contributed by atoms with Crippen LogP contribution in [0.5, 0.6) is 0 Å². The molecule has 2 heterocycles. The minimum Gasteiger partial charge on any atom is -0.354 e. The third kappa shape index (κ3) is 3.47. The van der Waals surface area contributed by atoms with Crippen molar-refractivity contribution in [1.29, 1.82) is 0 Å². The number of hydrogen-bond acceptors (Lipinski definition) is 3. The molecular formula is C14H25N3O2. The lowest BCUT2D eigenvalue weighted by molar-refractivity contribution is -0.133. The molecule has 2 aliphatic heterocycles. The standard InChI is InChI=1S/C14H25N3O2/c1-2-5-14(6-8-15-9-7-14)13(19)16-10-11-3-4-12(18)17-11/h11,15H,2-10H2,1H3,(H,16,19)(H,17,18). The summed E-state index contributed by atoms with van der Waals surface area (Å²) in [5.74, 6) is 0.279. The number of carbonyl (C=O) groups is 2. The van der Waals surface area contributed by atoms with E-state index >= 15 is 0 Å². The number of piperidine rings is 1. The molecule has 2 fully saturated rings. The maximum Gasteiger partial charge on any atom is 0.226 e. The van der Waals surface area contributed by atoms with E-state index in [-0.39, 0.29) is 23.3 Å². The largest absolute Gasteiger partial charge is 0.354 e. The van der Waals surface area contributed by atoms with Gasteiger partial charge in [0.2, 0.25) is 11.8 Å². The van der Waals surface area contributed by atoms with Crippen molar-refractivity contribution < 1.29 is 9.59 Å². The van der Waals surface area contributed by atoms with Crippen LogP contribution >= 0.6 is 0 Å². The van der Waals surface area contributed by atoms with Crippen LogP contribution in [0.1, 0.15) is 45.4 Å². The van der Waals surface area contributed by atoms with Crippen LogP contribution < -0.4 is 16.0 Å². The SMILES string of the molecule is CCCC1(C(=O)NCC2CCC(=O)N2)CCNCC1. The molecule has 2 amide bonds. The molecule has 2 saturated heterocycles. The minimum absolute atomic E-state index is 0.101. The predicted octanol–water partition coefficient (Wildman–Crippen LogP) is 0.551. The molecule has 3 N–H and O–H groups in total. The van der Waals surface area contributed by atoms with Crippen LogP contribution in [0, 0.1) is 5.41 Å². The highest BCUT2D eigenvalue weighted by atomic mass is 16.2. The average Bonchev–Trinajstić information content (AvgIpc) is 2.83. The van der Waals surface area contributed by atoms with Crippen molar-refractivity contribution in [3.63, 3.8) is 0 Å². The molecule has 108 valence electrons. The number of carbonyl (C=O) groups excluding carboxylic acids is 2. The van der Waals surface area contributed by atoms with Crippen molar-refractivity contribution >= 4 is 11.8 Å². The molecule has 0 radical (unpaired) electrons. The third-order valence-electron chi connectivity index (χ3n) is 4.36. The highest BCUT2D eigenvalue weighted by Crippen LogP contribution is 2.34. The first-order valence-electron chi connectivity index (χ1n) is 7.45. The van der Waals surface area contributed by atoms with E-state index in [1.165, 1.54) is 0 Å². The van der Waals surface area contributed by atoms with Crippen molar-refractivity contribution in [2.24, 2.45) is 5.41 Å². The van der Waals surface area contributed by atoms with Gasteiger partial charge in [0.1, 0.15) is 0 Å². The molecule has 5 nitrogen and oxygen atoms in total. The van der Waals surface area contributed by atoms with E-state index in [4.69, 9.17) is 0 Å². The molecule has 0 bridgehead atoms. The molecule has 2 rings (SSSR count). The van der Waals surface area contributed by atoms with E-state index in [2.05, 4.69) is 22.9 Å². The van der Waals surface area contributed by atoms with E-state index in [9.17, 15) is 9.59 Å². The van der Waals surface area contributed by atoms with Gasteiger partial charge in [-0.3, -0.25) is 9.59 Å². The summed E-state index contributed by atoms with van der Waals surface area (Å²) >= 11 is 0. The second kappa shape index (κ2) is 6.37. The summed E-state index contributed by atoms with van der Waals surface area (Å²) in [6.07, 6.45) is 5.25. The Labute approximate surface area is 114 Å². The maximum atomic E-state index is 12.5. The van der Waals surface area contributed by atoms with Gasteiger partial charge >= 0.3 is 0 Å². The molecule has 0 aromatic carbocycles. The van der Waals surface area contributed by atoms with Gasteiger partial charge in [-0.15, -0.1) is 0 Å². The van der Waals surface area contributed by atoms with E-state index in [1.807, 2.05) is 0 Å². The van der Waals surface area contributed by atoms with E-state index < -0.39 is 0 Å². The monoisotopic (exact) mass is 267 g/mol. The van der Waals surface area contributed by atoms with E-state index in [1.54, 1.807) is 0 Å². The zero-order valence-electron chi connectivity index (χ0n) is 11.8. The quantitative estimate of drug-likeness (QED) is 0.681. The van der Waals surface area contributed by atoms with Crippen molar-refractivity contribution in [3.05, 3.63) is 0 Å². The second-order valence-corrected chi connectivity index (χ2v) is 5.79. The van der Waals surface area contributed by atoms with E-state index in [0.29, 0.717) is 13.0 Å². The van der Waals surface area contributed by atoms with Crippen LogP contribution in [0.2, 0.25) is 0 Å². The Bertz CT molecular complexity index is 332. The Balaban J connectivity index is 1.86. The van der Waals surface area contributed by atoms with Crippen molar-refractivity contribution in [2.45, 2.75) is 51.5 Å². The Kier molecular flexibility index (Phi) is 4.80. The summed E-state index contributed by atoms with van der Waals surface area (Å²) in [5.41, 5.74) is -0.192. The first kappa shape index (κ1) is 14.3. The Morgan fingerprint density at radius 3 is 2.74 bits per heavy atom. The highest BCUT2D eigenvalue weighted by molar-refractivity contribution is 5.83. The summed E-state index contributed by atoms with van der Waals surface area (Å²) in [6, 6.07) is 0.122. The molecule has 0 spiro atoms. The number of amides is 2. The number of hydrogen-bond donors (Lipinski definition) is 3. The summed E-state index contributed by atoms with van der Waals surface area (Å²) in [6.45, 7) is 4.55. The van der Waals surface area contributed by atoms with Gasteiger partial charge < -0.3 is 16.0 Å². The Morgan fingerprint density at radius 1 is 1.42 bits per heavy atom. The molecule has 0 aromatic heterocycles. The van der Waals surface area contributed by atoms with Crippen LogP contribution in [0.4, 0.5) is 0 Å². The van der Waals surface area contributed by atoms with Crippen LogP contribution in [0.15, 0.2) is 0 Å².